The largest absolute Gasteiger partial charge is 0.337 e. The normalized spacial score (nSPS) is 22.0. The lowest BCUT2D eigenvalue weighted by Gasteiger charge is -2.38. The molecule has 2 fully saturated rings. The quantitative estimate of drug-likeness (QED) is 0.840. The van der Waals surface area contributed by atoms with Crippen molar-refractivity contribution in [3.8, 4) is 6.07 Å². The number of halogens is 1. The van der Waals surface area contributed by atoms with Gasteiger partial charge in [0, 0.05) is 37.2 Å². The highest BCUT2D eigenvalue weighted by Crippen LogP contribution is 2.29. The molecule has 1 saturated heterocycles. The van der Waals surface area contributed by atoms with Crippen molar-refractivity contribution in [3.63, 3.8) is 0 Å². The van der Waals surface area contributed by atoms with Gasteiger partial charge in [-0.15, -0.1) is 0 Å². The second-order valence-corrected chi connectivity index (χ2v) is 8.22. The molecule has 0 bridgehead atoms. The van der Waals surface area contributed by atoms with Crippen LogP contribution in [0, 0.1) is 11.3 Å². The molecular formula is C21H29ClN4O. The topological polar surface area (TPSA) is 59.4 Å². The highest BCUT2D eigenvalue weighted by Gasteiger charge is 2.34. The summed E-state index contributed by atoms with van der Waals surface area (Å²) in [5, 5.41) is 13.4. The number of hydrogen-bond acceptors (Lipinski definition) is 4. The zero-order chi connectivity index (χ0) is 19.3. The lowest BCUT2D eigenvalue weighted by Crippen LogP contribution is -2.54. The van der Waals surface area contributed by atoms with Gasteiger partial charge in [0.2, 0.25) is 5.91 Å². The van der Waals surface area contributed by atoms with E-state index in [9.17, 15) is 10.1 Å². The molecule has 6 heteroatoms. The Hall–Kier alpha value is -1.61. The smallest absolute Gasteiger partial charge is 0.235 e. The number of hydrogen-bond donors (Lipinski definition) is 1. The van der Waals surface area contributed by atoms with E-state index < -0.39 is 5.54 Å². The van der Waals surface area contributed by atoms with Gasteiger partial charge in [0.25, 0.3) is 0 Å². The summed E-state index contributed by atoms with van der Waals surface area (Å²) in [5.74, 6) is -0.0222. The number of carbonyl (C=O) groups excluding carboxylic acids is 1. The molecule has 5 nitrogen and oxygen atoms in total. The Bertz CT molecular complexity index is 688. The molecule has 1 aliphatic heterocycles. The number of nitrogens with one attached hydrogen (secondary N) is 1. The van der Waals surface area contributed by atoms with Gasteiger partial charge in [0.1, 0.15) is 5.54 Å². The molecule has 27 heavy (non-hydrogen) atoms. The van der Waals surface area contributed by atoms with Crippen molar-refractivity contribution in [2.45, 2.75) is 50.6 Å². The van der Waals surface area contributed by atoms with Gasteiger partial charge in [0.15, 0.2) is 0 Å². The van der Waals surface area contributed by atoms with E-state index in [0.29, 0.717) is 6.54 Å². The molecular weight excluding hydrogens is 360 g/mol. The molecule has 2 aliphatic rings. The zero-order valence-corrected chi connectivity index (χ0v) is 16.8. The van der Waals surface area contributed by atoms with Crippen molar-refractivity contribution >= 4 is 17.5 Å². The fourth-order valence-electron chi connectivity index (χ4n) is 4.25. The van der Waals surface area contributed by atoms with E-state index in [0.717, 1.165) is 68.9 Å². The fourth-order valence-corrected chi connectivity index (χ4v) is 4.54. The number of carbonyl (C=O) groups is 1. The number of piperazine rings is 1. The Balaban J connectivity index is 1.48. The van der Waals surface area contributed by atoms with Crippen molar-refractivity contribution in [2.75, 3.05) is 32.7 Å². The van der Waals surface area contributed by atoms with Crippen LogP contribution in [-0.4, -0.2) is 54.0 Å². The Kier molecular flexibility index (Phi) is 6.75. The fraction of sp³-hybridized carbons (Fsp3) is 0.619. The molecule has 1 aromatic rings. The molecule has 1 atom stereocenters. The van der Waals surface area contributed by atoms with Gasteiger partial charge in [0.05, 0.1) is 12.6 Å². The summed E-state index contributed by atoms with van der Waals surface area (Å²) in [6.07, 6.45) is 4.75. The maximum absolute atomic E-state index is 12.5. The molecule has 1 amide bonds. The number of amides is 1. The molecule has 146 valence electrons. The van der Waals surface area contributed by atoms with E-state index in [-0.39, 0.29) is 11.9 Å². The summed E-state index contributed by atoms with van der Waals surface area (Å²) in [6, 6.07) is 10.6. The van der Waals surface area contributed by atoms with E-state index >= 15 is 0 Å². The van der Waals surface area contributed by atoms with Crippen LogP contribution in [0.25, 0.3) is 0 Å². The summed E-state index contributed by atoms with van der Waals surface area (Å²) in [6.45, 7) is 6.07. The first kappa shape index (κ1) is 20.1. The van der Waals surface area contributed by atoms with Crippen molar-refractivity contribution in [3.05, 3.63) is 34.9 Å². The molecule has 1 N–H and O–H groups in total. The van der Waals surface area contributed by atoms with Crippen LogP contribution in [0.2, 0.25) is 5.02 Å². The molecule has 1 heterocycles. The maximum Gasteiger partial charge on any atom is 0.235 e. The third-order valence-corrected chi connectivity index (χ3v) is 6.32. The van der Waals surface area contributed by atoms with E-state index in [1.807, 2.05) is 18.2 Å². The first-order valence-electron chi connectivity index (χ1n) is 9.96. The predicted octanol–water partition coefficient (Wildman–Crippen LogP) is 3.36. The van der Waals surface area contributed by atoms with Gasteiger partial charge in [-0.1, -0.05) is 49.1 Å². The molecule has 1 unspecified atom stereocenters. The van der Waals surface area contributed by atoms with Crippen LogP contribution in [0.1, 0.15) is 50.6 Å². The average molecular weight is 389 g/mol. The number of nitriles is 1. The third-order valence-electron chi connectivity index (χ3n) is 5.98. The average Bonchev–Trinajstić information content (AvgIpc) is 2.69. The molecule has 0 aromatic heterocycles. The minimum absolute atomic E-state index is 0.0222. The molecule has 3 rings (SSSR count). The van der Waals surface area contributed by atoms with Crippen molar-refractivity contribution in [1.82, 2.24) is 15.1 Å². The molecule has 1 aliphatic carbocycles. The van der Waals surface area contributed by atoms with Crippen LogP contribution in [0.3, 0.4) is 0 Å². The van der Waals surface area contributed by atoms with Crippen molar-refractivity contribution in [2.24, 2.45) is 0 Å². The van der Waals surface area contributed by atoms with Crippen LogP contribution >= 0.6 is 11.6 Å². The van der Waals surface area contributed by atoms with Crippen LogP contribution in [-0.2, 0) is 4.79 Å². The number of rotatable bonds is 5. The van der Waals surface area contributed by atoms with Gasteiger partial charge in [-0.25, -0.2) is 0 Å². The Morgan fingerprint density at radius 3 is 2.52 bits per heavy atom. The van der Waals surface area contributed by atoms with E-state index in [1.54, 1.807) is 0 Å². The summed E-state index contributed by atoms with van der Waals surface area (Å²) < 4.78 is 0. The van der Waals surface area contributed by atoms with Gasteiger partial charge in [-0.3, -0.25) is 14.6 Å². The number of benzene rings is 1. The first-order chi connectivity index (χ1) is 13.0. The lowest BCUT2D eigenvalue weighted by atomic mass is 9.83. The van der Waals surface area contributed by atoms with Gasteiger partial charge in [-0.2, -0.15) is 5.26 Å². The van der Waals surface area contributed by atoms with Crippen LogP contribution in [0.15, 0.2) is 24.3 Å². The summed E-state index contributed by atoms with van der Waals surface area (Å²) in [7, 11) is 0. The van der Waals surface area contributed by atoms with Gasteiger partial charge in [-0.05, 0) is 31.4 Å². The highest BCUT2D eigenvalue weighted by atomic mass is 35.5. The van der Waals surface area contributed by atoms with Crippen molar-refractivity contribution < 1.29 is 4.79 Å². The second kappa shape index (κ2) is 9.05. The standard InChI is InChI=1S/C21H29ClN4O/c1-17(18-7-3-4-8-19(18)22)26-13-11-25(12-14-26)15-20(27)24-21(16-23)9-5-2-6-10-21/h3-4,7-8,17H,2,5-6,9-15H2,1H3,(H,24,27). The van der Waals surface area contributed by atoms with Crippen molar-refractivity contribution in [1.29, 1.82) is 5.26 Å². The summed E-state index contributed by atoms with van der Waals surface area (Å²) in [5.41, 5.74) is 0.508. The number of nitrogens with zero attached hydrogens (tertiary/aromatic N) is 3. The minimum Gasteiger partial charge on any atom is -0.337 e. The monoisotopic (exact) mass is 388 g/mol. The summed E-state index contributed by atoms with van der Waals surface area (Å²) in [4.78, 5) is 17.1. The van der Waals surface area contributed by atoms with E-state index in [1.165, 1.54) is 0 Å². The summed E-state index contributed by atoms with van der Waals surface area (Å²) >= 11 is 6.34. The zero-order valence-electron chi connectivity index (χ0n) is 16.1. The SMILES string of the molecule is CC(c1ccccc1Cl)N1CCN(CC(=O)NC2(C#N)CCCCC2)CC1. The van der Waals surface area contributed by atoms with Crippen LogP contribution in [0.5, 0.6) is 0 Å². The molecule has 0 radical (unpaired) electrons. The lowest BCUT2D eigenvalue weighted by molar-refractivity contribution is -0.124. The Morgan fingerprint density at radius 1 is 1.22 bits per heavy atom. The third kappa shape index (κ3) is 5.01. The maximum atomic E-state index is 12.5. The van der Waals surface area contributed by atoms with Gasteiger partial charge >= 0.3 is 0 Å². The van der Waals surface area contributed by atoms with Crippen LogP contribution in [0.4, 0.5) is 0 Å². The highest BCUT2D eigenvalue weighted by molar-refractivity contribution is 6.31. The van der Waals surface area contributed by atoms with Gasteiger partial charge < -0.3 is 5.32 Å². The van der Waals surface area contributed by atoms with Crippen LogP contribution < -0.4 is 5.32 Å². The molecule has 1 saturated carbocycles. The molecule has 0 spiro atoms. The minimum atomic E-state index is -0.643. The second-order valence-electron chi connectivity index (χ2n) is 7.81. The predicted molar refractivity (Wildman–Crippen MR) is 107 cm³/mol. The Morgan fingerprint density at radius 2 is 1.89 bits per heavy atom. The van der Waals surface area contributed by atoms with E-state index in [4.69, 9.17) is 11.6 Å². The first-order valence-corrected chi connectivity index (χ1v) is 10.3. The molecule has 1 aromatic carbocycles. The van der Waals surface area contributed by atoms with E-state index in [2.05, 4.69) is 34.2 Å². The Labute approximate surface area is 167 Å².